The molecule has 0 radical (unpaired) electrons. The average Bonchev–Trinajstić information content (AvgIpc) is 2.70. The van der Waals surface area contributed by atoms with Crippen molar-refractivity contribution in [3.63, 3.8) is 0 Å². The monoisotopic (exact) mass is 424 g/mol. The summed E-state index contributed by atoms with van der Waals surface area (Å²) in [6, 6.07) is 0. The van der Waals surface area contributed by atoms with Crippen LogP contribution in [0, 0.1) is 4.91 Å². The summed E-state index contributed by atoms with van der Waals surface area (Å²) in [4.78, 5) is 21.6. The van der Waals surface area contributed by atoms with Crippen LogP contribution >= 0.6 is 0 Å². The summed E-state index contributed by atoms with van der Waals surface area (Å²) in [5.41, 5.74) is 0. The van der Waals surface area contributed by atoms with E-state index in [1.165, 1.54) is 103 Å². The maximum atomic E-state index is 11.4. The molecule has 0 spiro atoms. The van der Waals surface area contributed by atoms with Crippen molar-refractivity contribution in [2.24, 2.45) is 0 Å². The van der Waals surface area contributed by atoms with E-state index in [1.807, 2.05) is 0 Å². The molecule has 4 nitrogen and oxygen atoms in total. The quantitative estimate of drug-likeness (QED) is 0.115. The predicted molar refractivity (Wildman–Crippen MR) is 120 cm³/mol. The van der Waals surface area contributed by atoms with Gasteiger partial charge in [0.2, 0.25) is 0 Å². The van der Waals surface area contributed by atoms with E-state index in [1.54, 1.807) is 0 Å². The van der Waals surface area contributed by atoms with Gasteiger partial charge in [0.1, 0.15) is 4.91 Å². The molecule has 0 bridgehead atoms. The van der Waals surface area contributed by atoms with Gasteiger partial charge in [0, 0.05) is 0 Å². The number of rotatable bonds is 24. The first kappa shape index (κ1) is 31.4. The largest absolute Gasteiger partial charge is 1.00 e. The molecular formula is C24H51NNaO3+. The summed E-state index contributed by atoms with van der Waals surface area (Å²) >= 11 is 0. The second-order valence-electron chi connectivity index (χ2n) is 8.25. The standard InChI is InChI=1S/C24H50NO3.Na.H/c1-3-5-7-9-11-13-15-17-19-21-23-27-25(26)28-24-22-20-18-16-14-12-10-8-6-4-2;;/h3-24H2,1-2H3;;/q2*+1;-1. The van der Waals surface area contributed by atoms with Crippen LogP contribution in [0.2, 0.25) is 0 Å². The van der Waals surface area contributed by atoms with Gasteiger partial charge in [0.15, 0.2) is 13.2 Å². The molecule has 0 fully saturated rings. The average molecular weight is 425 g/mol. The van der Waals surface area contributed by atoms with Gasteiger partial charge < -0.3 is 1.43 Å². The summed E-state index contributed by atoms with van der Waals surface area (Å²) in [5.74, 6) is 0. The minimum Gasteiger partial charge on any atom is -1.00 e. The molecule has 0 aliphatic heterocycles. The zero-order chi connectivity index (χ0) is 20.5. The first-order chi connectivity index (χ1) is 13.8. The van der Waals surface area contributed by atoms with Gasteiger partial charge in [-0.25, -0.2) is 0 Å². The zero-order valence-electron chi connectivity index (χ0n) is 21.2. The van der Waals surface area contributed by atoms with Crippen molar-refractivity contribution in [3.05, 3.63) is 4.91 Å². The Morgan fingerprint density at radius 2 is 0.724 bits per heavy atom. The van der Waals surface area contributed by atoms with E-state index < -0.39 is 0 Å². The van der Waals surface area contributed by atoms with Crippen LogP contribution in [-0.2, 0) is 9.68 Å². The molecule has 0 amide bonds. The second-order valence-corrected chi connectivity index (χ2v) is 8.25. The van der Waals surface area contributed by atoms with Crippen LogP contribution in [0.25, 0.3) is 0 Å². The van der Waals surface area contributed by atoms with Crippen LogP contribution in [0.5, 0.6) is 0 Å². The maximum absolute atomic E-state index is 11.4. The van der Waals surface area contributed by atoms with E-state index in [4.69, 9.17) is 9.68 Å². The Bertz CT molecular complexity index is 295. The van der Waals surface area contributed by atoms with E-state index in [9.17, 15) is 4.91 Å². The van der Waals surface area contributed by atoms with Gasteiger partial charge in [-0.15, -0.1) is 0 Å². The van der Waals surface area contributed by atoms with Crippen LogP contribution in [0.3, 0.4) is 0 Å². The van der Waals surface area contributed by atoms with Crippen molar-refractivity contribution < 1.29 is 45.7 Å². The van der Waals surface area contributed by atoms with Crippen LogP contribution in [-0.4, -0.2) is 18.3 Å². The van der Waals surface area contributed by atoms with Gasteiger partial charge in [-0.2, -0.15) is 9.68 Å². The molecule has 170 valence electrons. The molecule has 0 aliphatic carbocycles. The molecule has 0 saturated heterocycles. The molecular weight excluding hydrogens is 373 g/mol. The summed E-state index contributed by atoms with van der Waals surface area (Å²) in [5, 5.41) is 0.321. The number of hydrogen-bond acceptors (Lipinski definition) is 3. The van der Waals surface area contributed by atoms with E-state index in [-0.39, 0.29) is 31.0 Å². The Balaban J connectivity index is -0.00000364. The topological polar surface area (TPSA) is 38.5 Å². The summed E-state index contributed by atoms with van der Waals surface area (Å²) < 4.78 is 0. The zero-order valence-corrected chi connectivity index (χ0v) is 22.2. The molecule has 0 unspecified atom stereocenters. The third kappa shape index (κ3) is 28.2. The molecule has 0 saturated carbocycles. The number of nitrogens with zero attached hydrogens (tertiary/aromatic N) is 1. The van der Waals surface area contributed by atoms with Crippen molar-refractivity contribution >= 4 is 0 Å². The maximum Gasteiger partial charge on any atom is 1.00 e. The van der Waals surface area contributed by atoms with Gasteiger partial charge >= 0.3 is 34.6 Å². The second kappa shape index (κ2) is 28.2. The Labute approximate surface area is 205 Å². The molecule has 0 aromatic rings. The normalized spacial score (nSPS) is 10.6. The van der Waals surface area contributed by atoms with E-state index in [0.717, 1.165) is 25.7 Å². The first-order valence-electron chi connectivity index (χ1n) is 12.5. The Morgan fingerprint density at radius 3 is 1.00 bits per heavy atom. The molecule has 0 rings (SSSR count). The third-order valence-corrected chi connectivity index (χ3v) is 5.39. The molecule has 0 heterocycles. The summed E-state index contributed by atoms with van der Waals surface area (Å²) in [6.45, 7) is 5.46. The molecule has 0 aromatic heterocycles. The Hall–Kier alpha value is 0.200. The van der Waals surface area contributed by atoms with E-state index in [2.05, 4.69) is 13.8 Å². The van der Waals surface area contributed by atoms with Crippen LogP contribution in [0.4, 0.5) is 0 Å². The molecule has 0 aliphatic rings. The van der Waals surface area contributed by atoms with E-state index in [0.29, 0.717) is 18.3 Å². The fraction of sp³-hybridized carbons (Fsp3) is 1.00. The Kier molecular flexibility index (Phi) is 30.5. The van der Waals surface area contributed by atoms with Gasteiger partial charge in [0.05, 0.1) is 0 Å². The number of hydrogen-bond donors (Lipinski definition) is 0. The minimum absolute atomic E-state index is 0. The molecule has 5 heteroatoms. The fourth-order valence-electron chi connectivity index (χ4n) is 3.49. The van der Waals surface area contributed by atoms with Crippen LogP contribution < -0.4 is 29.6 Å². The smallest absolute Gasteiger partial charge is 1.00 e. The summed E-state index contributed by atoms with van der Waals surface area (Å²) in [7, 11) is 0. The van der Waals surface area contributed by atoms with Crippen LogP contribution in [0.15, 0.2) is 0 Å². The van der Waals surface area contributed by atoms with E-state index >= 15 is 0 Å². The molecule has 0 atom stereocenters. The minimum atomic E-state index is 0. The van der Waals surface area contributed by atoms with Crippen molar-refractivity contribution in [1.82, 2.24) is 0 Å². The number of unbranched alkanes of at least 4 members (excludes halogenated alkanes) is 18. The molecule has 0 N–H and O–H groups in total. The van der Waals surface area contributed by atoms with Gasteiger partial charge in [-0.05, 0) is 25.7 Å². The summed E-state index contributed by atoms with van der Waals surface area (Å²) in [6.07, 6.45) is 25.7. The fourth-order valence-corrected chi connectivity index (χ4v) is 3.49. The third-order valence-electron chi connectivity index (χ3n) is 5.39. The van der Waals surface area contributed by atoms with Crippen LogP contribution in [0.1, 0.15) is 144 Å². The first-order valence-corrected chi connectivity index (χ1v) is 12.5. The van der Waals surface area contributed by atoms with Gasteiger partial charge in [-0.1, -0.05) is 117 Å². The van der Waals surface area contributed by atoms with Crippen molar-refractivity contribution in [2.75, 3.05) is 13.2 Å². The van der Waals surface area contributed by atoms with Gasteiger partial charge in [-0.3, -0.25) is 0 Å². The van der Waals surface area contributed by atoms with Gasteiger partial charge in [0.25, 0.3) is 0 Å². The molecule has 29 heavy (non-hydrogen) atoms. The van der Waals surface area contributed by atoms with Crippen molar-refractivity contribution in [1.29, 1.82) is 0 Å². The Morgan fingerprint density at radius 1 is 0.483 bits per heavy atom. The SMILES string of the molecule is CCCCCCCCCCCCO[N+](=O)OCCCCCCCCCCCC.[H-].[Na+]. The predicted octanol–water partition coefficient (Wildman–Crippen LogP) is 5.59. The molecule has 0 aromatic carbocycles. The van der Waals surface area contributed by atoms with Crippen molar-refractivity contribution in [2.45, 2.75) is 142 Å². The van der Waals surface area contributed by atoms with Crippen molar-refractivity contribution in [3.8, 4) is 0 Å².